The summed E-state index contributed by atoms with van der Waals surface area (Å²) in [6.45, 7) is 13.3. The van der Waals surface area contributed by atoms with Gasteiger partial charge in [-0.3, -0.25) is 9.59 Å². The van der Waals surface area contributed by atoms with Crippen LogP contribution in [-0.4, -0.2) is 48.0 Å². The van der Waals surface area contributed by atoms with Crippen LogP contribution in [0.1, 0.15) is 57.7 Å². The third-order valence-electron chi connectivity index (χ3n) is 4.21. The van der Waals surface area contributed by atoms with E-state index in [1.807, 2.05) is 38.1 Å². The number of ether oxygens (including phenoxy) is 1. The lowest BCUT2D eigenvalue weighted by Crippen LogP contribution is -2.48. The van der Waals surface area contributed by atoms with Gasteiger partial charge in [0.1, 0.15) is 18.2 Å². The maximum atomic E-state index is 13.0. The van der Waals surface area contributed by atoms with Crippen LogP contribution in [0.15, 0.2) is 36.9 Å². The normalized spacial score (nSPS) is 11.9. The predicted molar refractivity (Wildman–Crippen MR) is 118 cm³/mol. The summed E-state index contributed by atoms with van der Waals surface area (Å²) in [7, 11) is 0. The molecule has 0 spiro atoms. The summed E-state index contributed by atoms with van der Waals surface area (Å²) in [5.41, 5.74) is 1.08. The van der Waals surface area contributed by atoms with Gasteiger partial charge in [0.05, 0.1) is 0 Å². The van der Waals surface area contributed by atoms with Crippen molar-refractivity contribution < 1.29 is 19.1 Å². The van der Waals surface area contributed by atoms with Crippen molar-refractivity contribution in [1.82, 2.24) is 15.5 Å². The highest BCUT2D eigenvalue weighted by molar-refractivity contribution is 5.90. The Bertz CT molecular complexity index is 723. The fourth-order valence-electron chi connectivity index (χ4n) is 2.76. The smallest absolute Gasteiger partial charge is 0.408 e. The fraction of sp³-hybridized carbons (Fsp3) is 0.522. The average Bonchev–Trinajstić information content (AvgIpc) is 2.66. The zero-order valence-electron chi connectivity index (χ0n) is 18.8. The van der Waals surface area contributed by atoms with Gasteiger partial charge in [0, 0.05) is 13.1 Å². The molecular formula is C23H35N3O4. The molecule has 0 bridgehead atoms. The molecule has 1 aromatic carbocycles. The van der Waals surface area contributed by atoms with Gasteiger partial charge in [-0.2, -0.15) is 0 Å². The second-order valence-electron chi connectivity index (χ2n) is 8.15. The molecule has 1 unspecified atom stereocenters. The minimum atomic E-state index is -0.826. The van der Waals surface area contributed by atoms with Gasteiger partial charge in [-0.15, -0.1) is 6.58 Å². The van der Waals surface area contributed by atoms with E-state index >= 15 is 0 Å². The molecule has 0 radical (unpaired) electrons. The number of rotatable bonds is 10. The monoisotopic (exact) mass is 417 g/mol. The van der Waals surface area contributed by atoms with E-state index in [2.05, 4.69) is 17.2 Å². The van der Waals surface area contributed by atoms with Crippen molar-refractivity contribution in [2.75, 3.05) is 19.6 Å². The van der Waals surface area contributed by atoms with Crippen LogP contribution >= 0.6 is 0 Å². The summed E-state index contributed by atoms with van der Waals surface area (Å²) in [5, 5.41) is 5.37. The number of nitrogens with one attached hydrogen (secondary N) is 2. The number of unbranched alkanes of at least 4 members (excludes halogenated alkanes) is 1. The first-order valence-corrected chi connectivity index (χ1v) is 10.3. The number of alkyl carbamates (subject to hydrolysis) is 1. The molecule has 0 heterocycles. The molecule has 0 aliphatic heterocycles. The van der Waals surface area contributed by atoms with Crippen molar-refractivity contribution in [3.05, 3.63) is 48.0 Å². The van der Waals surface area contributed by atoms with Gasteiger partial charge in [-0.25, -0.2) is 4.79 Å². The summed E-state index contributed by atoms with van der Waals surface area (Å²) in [4.78, 5) is 39.3. The van der Waals surface area contributed by atoms with Crippen LogP contribution in [0.4, 0.5) is 4.79 Å². The lowest BCUT2D eigenvalue weighted by molar-refractivity contribution is -0.139. The van der Waals surface area contributed by atoms with Gasteiger partial charge in [0.15, 0.2) is 0 Å². The van der Waals surface area contributed by atoms with Gasteiger partial charge in [-0.1, -0.05) is 49.2 Å². The number of hydrogen-bond donors (Lipinski definition) is 2. The average molecular weight is 418 g/mol. The van der Waals surface area contributed by atoms with Crippen molar-refractivity contribution in [3.8, 4) is 0 Å². The molecule has 2 N–H and O–H groups in total. The highest BCUT2D eigenvalue weighted by atomic mass is 16.6. The summed E-state index contributed by atoms with van der Waals surface area (Å²) < 4.78 is 5.18. The third kappa shape index (κ3) is 8.68. The number of aryl methyl sites for hydroxylation is 1. The van der Waals surface area contributed by atoms with E-state index in [1.165, 1.54) is 4.90 Å². The Kier molecular flexibility index (Phi) is 10.1. The van der Waals surface area contributed by atoms with Crippen LogP contribution in [0.2, 0.25) is 0 Å². The van der Waals surface area contributed by atoms with Crippen molar-refractivity contribution in [1.29, 1.82) is 0 Å². The van der Waals surface area contributed by atoms with Crippen molar-refractivity contribution in [2.45, 2.75) is 59.1 Å². The molecule has 7 nitrogen and oxygen atoms in total. The van der Waals surface area contributed by atoms with Gasteiger partial charge in [-0.05, 0) is 39.7 Å². The molecule has 166 valence electrons. The molecule has 1 rings (SSSR count). The summed E-state index contributed by atoms with van der Waals surface area (Å²) in [5.74, 6) is -0.670. The molecule has 0 aromatic heterocycles. The minimum absolute atomic E-state index is 0.161. The fourth-order valence-corrected chi connectivity index (χ4v) is 2.76. The quantitative estimate of drug-likeness (QED) is 0.451. The Morgan fingerprint density at radius 2 is 1.80 bits per heavy atom. The molecule has 1 aromatic rings. The van der Waals surface area contributed by atoms with Crippen LogP contribution in [0.3, 0.4) is 0 Å². The van der Waals surface area contributed by atoms with E-state index < -0.39 is 23.6 Å². The Morgan fingerprint density at radius 1 is 1.17 bits per heavy atom. The Labute approximate surface area is 179 Å². The number of carbonyl (C=O) groups excluding carboxylic acids is 3. The topological polar surface area (TPSA) is 87.7 Å². The summed E-state index contributed by atoms with van der Waals surface area (Å²) in [6, 6.07) is 6.65. The molecule has 0 aliphatic carbocycles. The van der Waals surface area contributed by atoms with Gasteiger partial charge in [0.25, 0.3) is 0 Å². The lowest BCUT2D eigenvalue weighted by Gasteiger charge is -2.31. The molecule has 0 saturated heterocycles. The molecule has 30 heavy (non-hydrogen) atoms. The highest BCUT2D eigenvalue weighted by Crippen LogP contribution is 2.22. The maximum Gasteiger partial charge on any atom is 0.408 e. The highest BCUT2D eigenvalue weighted by Gasteiger charge is 2.31. The van der Waals surface area contributed by atoms with E-state index in [0.717, 1.165) is 18.4 Å². The van der Waals surface area contributed by atoms with E-state index in [9.17, 15) is 14.4 Å². The third-order valence-corrected chi connectivity index (χ3v) is 4.21. The molecule has 3 amide bonds. The SMILES string of the molecule is C=CCN(C(=O)CNC(=O)OC(C)(C)C)C(C(=O)NCCCC)c1ccc(C)cc1. The first-order valence-electron chi connectivity index (χ1n) is 10.3. The van der Waals surface area contributed by atoms with Gasteiger partial charge < -0.3 is 20.3 Å². The molecule has 0 saturated carbocycles. The second-order valence-corrected chi connectivity index (χ2v) is 8.15. The molecule has 7 heteroatoms. The Balaban J connectivity index is 3.05. The predicted octanol–water partition coefficient (Wildman–Crippen LogP) is 3.49. The largest absolute Gasteiger partial charge is 0.444 e. The molecule has 0 aliphatic rings. The number of hydrogen-bond acceptors (Lipinski definition) is 4. The van der Waals surface area contributed by atoms with E-state index in [1.54, 1.807) is 26.8 Å². The maximum absolute atomic E-state index is 13.0. The minimum Gasteiger partial charge on any atom is -0.444 e. The number of nitrogens with zero attached hydrogens (tertiary/aromatic N) is 1. The molecule has 1 atom stereocenters. The van der Waals surface area contributed by atoms with E-state index in [4.69, 9.17) is 4.74 Å². The lowest BCUT2D eigenvalue weighted by atomic mass is 10.0. The van der Waals surface area contributed by atoms with Crippen molar-refractivity contribution >= 4 is 17.9 Å². The van der Waals surface area contributed by atoms with Crippen LogP contribution in [-0.2, 0) is 14.3 Å². The van der Waals surface area contributed by atoms with Crippen LogP contribution in [0.5, 0.6) is 0 Å². The van der Waals surface area contributed by atoms with Crippen LogP contribution in [0, 0.1) is 6.92 Å². The van der Waals surface area contributed by atoms with Gasteiger partial charge in [0.2, 0.25) is 11.8 Å². The number of amides is 3. The van der Waals surface area contributed by atoms with Crippen LogP contribution in [0.25, 0.3) is 0 Å². The second kappa shape index (κ2) is 12.0. The Morgan fingerprint density at radius 3 is 2.33 bits per heavy atom. The molecular weight excluding hydrogens is 382 g/mol. The number of carbonyl (C=O) groups is 3. The first kappa shape index (κ1) is 25.2. The summed E-state index contributed by atoms with van der Waals surface area (Å²) in [6.07, 6.45) is 2.67. The van der Waals surface area contributed by atoms with Gasteiger partial charge >= 0.3 is 6.09 Å². The first-order chi connectivity index (χ1) is 14.1. The van der Waals surface area contributed by atoms with Crippen molar-refractivity contribution in [2.24, 2.45) is 0 Å². The van der Waals surface area contributed by atoms with E-state index in [-0.39, 0.29) is 19.0 Å². The number of benzene rings is 1. The van der Waals surface area contributed by atoms with Crippen molar-refractivity contribution in [3.63, 3.8) is 0 Å². The standard InChI is InChI=1S/C23H35N3O4/c1-7-9-14-24-21(28)20(18-12-10-17(3)11-13-18)26(15-8-2)19(27)16-25-22(29)30-23(4,5)6/h8,10-13,20H,2,7,9,14-16H2,1,3-6H3,(H,24,28)(H,25,29). The Hall–Kier alpha value is -2.83. The zero-order chi connectivity index (χ0) is 22.7. The van der Waals surface area contributed by atoms with E-state index in [0.29, 0.717) is 12.1 Å². The summed E-state index contributed by atoms with van der Waals surface area (Å²) >= 11 is 0. The van der Waals surface area contributed by atoms with Crippen LogP contribution < -0.4 is 10.6 Å². The molecule has 0 fully saturated rings. The zero-order valence-corrected chi connectivity index (χ0v) is 18.8.